The van der Waals surface area contributed by atoms with Crippen molar-refractivity contribution in [3.05, 3.63) is 27.4 Å². The lowest BCUT2D eigenvalue weighted by atomic mass is 9.96. The van der Waals surface area contributed by atoms with Gasteiger partial charge < -0.3 is 14.6 Å². The second kappa shape index (κ2) is 8.99. The minimum absolute atomic E-state index is 0.0529. The zero-order valence-corrected chi connectivity index (χ0v) is 18.6. The van der Waals surface area contributed by atoms with Crippen molar-refractivity contribution < 1.29 is 33.0 Å². The van der Waals surface area contributed by atoms with Gasteiger partial charge in [-0.2, -0.15) is 0 Å². The van der Waals surface area contributed by atoms with Crippen molar-refractivity contribution in [3.63, 3.8) is 0 Å². The number of aromatic amines is 1. The molecule has 2 aliphatic heterocycles. The number of carbonyl (C=O) groups excluding carboxylic acids is 1. The fraction of sp³-hybridized carbons (Fsp3) is 0.706. The zero-order chi connectivity index (χ0) is 22.1. The van der Waals surface area contributed by atoms with Crippen LogP contribution in [0.5, 0.6) is 0 Å². The maximum absolute atomic E-state index is 13.1. The van der Waals surface area contributed by atoms with Gasteiger partial charge in [0.15, 0.2) is 11.0 Å². The van der Waals surface area contributed by atoms with E-state index >= 15 is 0 Å². The maximum Gasteiger partial charge on any atom is 0.406 e. The average Bonchev–Trinajstić information content (AvgIpc) is 2.92. The highest BCUT2D eigenvalue weighted by Gasteiger charge is 2.59. The van der Waals surface area contributed by atoms with Crippen LogP contribution in [-0.2, 0) is 27.9 Å². The third-order valence-electron chi connectivity index (χ3n) is 4.93. The number of rotatable bonds is 7. The van der Waals surface area contributed by atoms with Gasteiger partial charge in [0.25, 0.3) is 5.56 Å². The fourth-order valence-electron chi connectivity index (χ4n) is 3.30. The minimum atomic E-state index is -3.93. The van der Waals surface area contributed by atoms with Gasteiger partial charge >= 0.3 is 13.7 Å². The number of esters is 1. The van der Waals surface area contributed by atoms with Crippen LogP contribution in [0.2, 0.25) is 0 Å². The topological polar surface area (TPSA) is 141 Å². The number of fused-ring (bicyclic) bond motifs is 1. The molecule has 2 aliphatic rings. The smallest absolute Gasteiger partial charge is 0.406 e. The highest BCUT2D eigenvalue weighted by Crippen LogP contribution is 2.55. The zero-order valence-electron chi connectivity index (χ0n) is 16.9. The van der Waals surface area contributed by atoms with E-state index in [-0.39, 0.29) is 23.5 Å². The number of carbonyl (C=O) groups is 1. The first-order valence-corrected chi connectivity index (χ1v) is 11.6. The Morgan fingerprint density at radius 3 is 3.00 bits per heavy atom. The molecule has 0 amide bonds. The number of aromatic nitrogens is 2. The first kappa shape index (κ1) is 23.3. The lowest BCUT2D eigenvalue weighted by Gasteiger charge is -2.36. The van der Waals surface area contributed by atoms with E-state index < -0.39 is 43.8 Å². The van der Waals surface area contributed by atoms with Crippen LogP contribution in [0.4, 0.5) is 0 Å². The molecule has 30 heavy (non-hydrogen) atoms. The Bertz CT molecular complexity index is 947. The molecule has 168 valence electrons. The number of nitrogens with zero attached hydrogens (tertiary/aromatic N) is 1. The predicted molar refractivity (Wildman–Crippen MR) is 107 cm³/mol. The summed E-state index contributed by atoms with van der Waals surface area (Å²) in [4.78, 5) is 25.9. The van der Waals surface area contributed by atoms with Crippen LogP contribution in [0.1, 0.15) is 39.8 Å². The molecule has 3 N–H and O–H groups in total. The molecule has 0 saturated carbocycles. The van der Waals surface area contributed by atoms with E-state index in [2.05, 4.69) is 10.1 Å². The van der Waals surface area contributed by atoms with E-state index in [1.165, 1.54) is 30.7 Å². The standard InChI is InChI=1S/C17H26N3O8PS/c1-4-5-8-25-14(22)10(2)19-29(24)26-9-11-13(28-29)17(3,23)15(27-11)20-7-6-12(21)18-16(20)30/h6-7,10-11,13,15,23H,4-5,8-9H2,1-3H3,(H,19,24)(H,18,21,30)/t10-,11+,13-,15+,17?,29?/m0/s1. The molecule has 3 heterocycles. The summed E-state index contributed by atoms with van der Waals surface area (Å²) in [5.74, 6) is -0.583. The quantitative estimate of drug-likeness (QED) is 0.235. The van der Waals surface area contributed by atoms with Crippen LogP contribution in [0.25, 0.3) is 0 Å². The lowest BCUT2D eigenvalue weighted by molar-refractivity contribution is -0.145. The maximum atomic E-state index is 13.1. The summed E-state index contributed by atoms with van der Waals surface area (Å²) >= 11 is 5.14. The van der Waals surface area contributed by atoms with Gasteiger partial charge in [-0.1, -0.05) is 13.3 Å². The van der Waals surface area contributed by atoms with E-state index in [1.54, 1.807) is 0 Å². The summed E-state index contributed by atoms with van der Waals surface area (Å²) in [6, 6.07) is 0.299. The van der Waals surface area contributed by atoms with Gasteiger partial charge in [0.2, 0.25) is 0 Å². The number of H-pyrrole nitrogens is 1. The van der Waals surface area contributed by atoms with Gasteiger partial charge in [0.05, 0.1) is 13.2 Å². The summed E-state index contributed by atoms with van der Waals surface area (Å²) in [6.45, 7) is 5.03. The number of hydrogen-bond acceptors (Lipinski definition) is 9. The Morgan fingerprint density at radius 2 is 2.33 bits per heavy atom. The van der Waals surface area contributed by atoms with Crippen LogP contribution < -0.4 is 10.6 Å². The highest BCUT2D eigenvalue weighted by molar-refractivity contribution is 7.71. The summed E-state index contributed by atoms with van der Waals surface area (Å²) in [5, 5.41) is 13.7. The Balaban J connectivity index is 1.73. The second-order valence-electron chi connectivity index (χ2n) is 7.46. The fourth-order valence-corrected chi connectivity index (χ4v) is 5.33. The lowest BCUT2D eigenvalue weighted by Crippen LogP contribution is -2.49. The number of nitrogens with one attached hydrogen (secondary N) is 2. The van der Waals surface area contributed by atoms with Crippen molar-refractivity contribution in [2.24, 2.45) is 0 Å². The SMILES string of the molecule is CCCCOC(=O)[C@H](C)NP1(=O)OC[C@H]2O[C@@H](n3ccc(=O)[nH]c3=S)C(C)(O)[C@H]2O1. The third-order valence-corrected chi connectivity index (χ3v) is 6.94. The van der Waals surface area contributed by atoms with Crippen molar-refractivity contribution >= 4 is 25.9 Å². The molecule has 0 bridgehead atoms. The van der Waals surface area contributed by atoms with Gasteiger partial charge in [0, 0.05) is 12.3 Å². The predicted octanol–water partition coefficient (Wildman–Crippen LogP) is 1.40. The molecule has 0 aliphatic carbocycles. The molecule has 2 unspecified atom stereocenters. The van der Waals surface area contributed by atoms with Crippen molar-refractivity contribution in [2.45, 2.75) is 63.7 Å². The van der Waals surface area contributed by atoms with Crippen LogP contribution in [0, 0.1) is 4.77 Å². The van der Waals surface area contributed by atoms with Gasteiger partial charge in [-0.25, -0.2) is 9.65 Å². The molecular weight excluding hydrogens is 437 g/mol. The molecule has 0 radical (unpaired) electrons. The molecule has 0 spiro atoms. The summed E-state index contributed by atoms with van der Waals surface area (Å²) in [5.41, 5.74) is -2.05. The third kappa shape index (κ3) is 4.75. The number of aliphatic hydroxyl groups is 1. The molecule has 11 nitrogen and oxygen atoms in total. The van der Waals surface area contributed by atoms with Crippen LogP contribution in [0.3, 0.4) is 0 Å². The average molecular weight is 463 g/mol. The van der Waals surface area contributed by atoms with Gasteiger partial charge in [0.1, 0.15) is 23.9 Å². The molecular formula is C17H26N3O8PS. The molecule has 1 aromatic rings. The van der Waals surface area contributed by atoms with Crippen LogP contribution in [-0.4, -0.2) is 57.7 Å². The van der Waals surface area contributed by atoms with Crippen molar-refractivity contribution in [2.75, 3.05) is 13.2 Å². The number of hydrogen-bond donors (Lipinski definition) is 3. The van der Waals surface area contributed by atoms with Crippen molar-refractivity contribution in [1.82, 2.24) is 14.6 Å². The van der Waals surface area contributed by atoms with Gasteiger partial charge in [-0.15, -0.1) is 0 Å². The first-order valence-electron chi connectivity index (χ1n) is 9.64. The van der Waals surface area contributed by atoms with Crippen LogP contribution >= 0.6 is 20.0 Å². The second-order valence-corrected chi connectivity index (χ2v) is 9.57. The summed E-state index contributed by atoms with van der Waals surface area (Å²) < 4.78 is 36.4. The van der Waals surface area contributed by atoms with Gasteiger partial charge in [-0.05, 0) is 32.5 Å². The van der Waals surface area contributed by atoms with E-state index in [0.717, 1.165) is 12.8 Å². The molecule has 1 aromatic heterocycles. The highest BCUT2D eigenvalue weighted by atomic mass is 32.1. The normalized spacial score (nSPS) is 34.3. The van der Waals surface area contributed by atoms with E-state index in [0.29, 0.717) is 0 Å². The molecule has 0 aromatic carbocycles. The Kier molecular flexibility index (Phi) is 6.97. The van der Waals surface area contributed by atoms with Crippen LogP contribution in [0.15, 0.2) is 17.1 Å². The number of ether oxygens (including phenoxy) is 2. The minimum Gasteiger partial charge on any atom is -0.465 e. The van der Waals surface area contributed by atoms with Gasteiger partial charge in [-0.3, -0.25) is 28.2 Å². The van der Waals surface area contributed by atoms with E-state index in [1.807, 2.05) is 6.92 Å². The molecule has 3 rings (SSSR count). The molecule has 13 heteroatoms. The van der Waals surface area contributed by atoms with Crippen molar-refractivity contribution in [1.29, 1.82) is 0 Å². The summed E-state index contributed by atoms with van der Waals surface area (Å²) in [6.07, 6.45) is 0.204. The molecule has 6 atom stereocenters. The van der Waals surface area contributed by atoms with E-state index in [9.17, 15) is 19.3 Å². The molecule has 2 fully saturated rings. The van der Waals surface area contributed by atoms with Crippen molar-refractivity contribution in [3.8, 4) is 0 Å². The monoisotopic (exact) mass is 463 g/mol. The Morgan fingerprint density at radius 1 is 1.60 bits per heavy atom. The Labute approximate surface area is 178 Å². The Hall–Kier alpha value is -1.40. The largest absolute Gasteiger partial charge is 0.465 e. The van der Waals surface area contributed by atoms with E-state index in [4.69, 9.17) is 30.7 Å². The number of unbranched alkanes of at least 4 members (excludes halogenated alkanes) is 1. The summed E-state index contributed by atoms with van der Waals surface area (Å²) in [7, 11) is -3.93. The first-order chi connectivity index (χ1) is 14.1. The molecule has 2 saturated heterocycles.